The molecule has 0 aliphatic rings. The highest BCUT2D eigenvalue weighted by Crippen LogP contribution is 2.25. The van der Waals surface area contributed by atoms with E-state index in [2.05, 4.69) is 31.8 Å². The molecule has 3 aromatic carbocycles. The van der Waals surface area contributed by atoms with E-state index in [1.807, 2.05) is 78.9 Å². The SMILES string of the molecule is C/C(CC(=O)Nc1ccccc1Br)=N/NC(=O)C(c1ccccc1)c1ccccc1. The number of para-hydroxylation sites is 1. The molecule has 5 nitrogen and oxygen atoms in total. The van der Waals surface area contributed by atoms with Crippen molar-refractivity contribution in [3.05, 3.63) is 101 Å². The summed E-state index contributed by atoms with van der Waals surface area (Å²) < 4.78 is 0.801. The lowest BCUT2D eigenvalue weighted by Crippen LogP contribution is -2.27. The monoisotopic (exact) mass is 463 g/mol. The first-order valence-corrected chi connectivity index (χ1v) is 10.3. The molecule has 0 heterocycles. The number of nitrogens with one attached hydrogen (secondary N) is 2. The minimum atomic E-state index is -0.488. The predicted octanol–water partition coefficient (Wildman–Crippen LogP) is 5.10. The number of hydrazone groups is 1. The van der Waals surface area contributed by atoms with Gasteiger partial charge in [-0.1, -0.05) is 72.8 Å². The molecule has 0 saturated heterocycles. The van der Waals surface area contributed by atoms with E-state index in [9.17, 15) is 9.59 Å². The largest absolute Gasteiger partial charge is 0.325 e. The quantitative estimate of drug-likeness (QED) is 0.377. The molecule has 152 valence electrons. The summed E-state index contributed by atoms with van der Waals surface area (Å²) in [6, 6.07) is 26.5. The zero-order chi connectivity index (χ0) is 21.3. The number of halogens is 1. The van der Waals surface area contributed by atoms with Gasteiger partial charge in [0.25, 0.3) is 5.91 Å². The van der Waals surface area contributed by atoms with Gasteiger partial charge in [0.05, 0.1) is 18.0 Å². The molecule has 0 radical (unpaired) electrons. The second-order valence-corrected chi connectivity index (χ2v) is 7.64. The van der Waals surface area contributed by atoms with Crippen LogP contribution in [0, 0.1) is 0 Å². The van der Waals surface area contributed by atoms with Crippen LogP contribution in [0.4, 0.5) is 5.69 Å². The van der Waals surface area contributed by atoms with Gasteiger partial charge < -0.3 is 5.32 Å². The molecule has 0 saturated carbocycles. The molecule has 6 heteroatoms. The zero-order valence-electron chi connectivity index (χ0n) is 16.5. The fraction of sp³-hybridized carbons (Fsp3) is 0.125. The summed E-state index contributed by atoms with van der Waals surface area (Å²) in [5, 5.41) is 6.97. The highest BCUT2D eigenvalue weighted by Gasteiger charge is 2.22. The third kappa shape index (κ3) is 5.87. The number of carbonyl (C=O) groups is 2. The molecular formula is C24H22BrN3O2. The standard InChI is InChI=1S/C24H22BrN3O2/c1-17(16-22(29)26-21-15-9-8-14-20(21)25)27-28-24(30)23(18-10-4-2-5-11-18)19-12-6-3-7-13-19/h2-15,23H,16H2,1H3,(H,26,29)(H,28,30)/b27-17-. The Morgan fingerprint density at radius 3 is 1.97 bits per heavy atom. The van der Waals surface area contributed by atoms with Crippen LogP contribution in [0.15, 0.2) is 94.5 Å². The van der Waals surface area contributed by atoms with E-state index in [-0.39, 0.29) is 18.2 Å². The molecule has 3 aromatic rings. The zero-order valence-corrected chi connectivity index (χ0v) is 18.1. The second kappa shape index (κ2) is 10.5. The van der Waals surface area contributed by atoms with Crippen molar-refractivity contribution in [3.8, 4) is 0 Å². The van der Waals surface area contributed by atoms with Crippen molar-refractivity contribution in [2.75, 3.05) is 5.32 Å². The van der Waals surface area contributed by atoms with Crippen LogP contribution < -0.4 is 10.7 Å². The number of rotatable bonds is 7. The van der Waals surface area contributed by atoms with Crippen LogP contribution in [0.25, 0.3) is 0 Å². The van der Waals surface area contributed by atoms with Gasteiger partial charge in [0.1, 0.15) is 0 Å². The molecule has 0 fully saturated rings. The van der Waals surface area contributed by atoms with Crippen molar-refractivity contribution in [1.82, 2.24) is 5.43 Å². The molecule has 2 amide bonds. The lowest BCUT2D eigenvalue weighted by molar-refractivity contribution is -0.121. The summed E-state index contributed by atoms with van der Waals surface area (Å²) in [5.41, 5.74) is 5.57. The van der Waals surface area contributed by atoms with E-state index in [1.165, 1.54) is 0 Å². The molecule has 0 aliphatic carbocycles. The van der Waals surface area contributed by atoms with Crippen molar-refractivity contribution < 1.29 is 9.59 Å². The number of carbonyl (C=O) groups excluding carboxylic acids is 2. The molecule has 0 unspecified atom stereocenters. The predicted molar refractivity (Wildman–Crippen MR) is 123 cm³/mol. The van der Waals surface area contributed by atoms with Gasteiger partial charge in [0, 0.05) is 10.2 Å². The third-order valence-corrected chi connectivity index (χ3v) is 5.14. The van der Waals surface area contributed by atoms with Crippen LogP contribution in [-0.2, 0) is 9.59 Å². The molecule has 0 atom stereocenters. The first kappa shape index (κ1) is 21.5. The molecule has 2 N–H and O–H groups in total. The Morgan fingerprint density at radius 1 is 0.867 bits per heavy atom. The van der Waals surface area contributed by atoms with Gasteiger partial charge >= 0.3 is 0 Å². The molecule has 0 aliphatic heterocycles. The maximum Gasteiger partial charge on any atom is 0.252 e. The summed E-state index contributed by atoms with van der Waals surface area (Å²) in [7, 11) is 0. The number of benzene rings is 3. The Bertz CT molecular complexity index is 997. The van der Waals surface area contributed by atoms with Crippen LogP contribution >= 0.6 is 15.9 Å². The first-order chi connectivity index (χ1) is 14.5. The Morgan fingerprint density at radius 2 is 1.40 bits per heavy atom. The van der Waals surface area contributed by atoms with Crippen molar-refractivity contribution in [3.63, 3.8) is 0 Å². The summed E-state index contributed by atoms with van der Waals surface area (Å²) in [6.45, 7) is 1.71. The average molecular weight is 464 g/mol. The fourth-order valence-electron chi connectivity index (χ4n) is 3.03. The topological polar surface area (TPSA) is 70.6 Å². The van der Waals surface area contributed by atoms with Gasteiger partial charge in [-0.2, -0.15) is 5.10 Å². The number of hydrogen-bond acceptors (Lipinski definition) is 3. The molecular weight excluding hydrogens is 442 g/mol. The van der Waals surface area contributed by atoms with Crippen molar-refractivity contribution in [2.45, 2.75) is 19.3 Å². The Kier molecular flexibility index (Phi) is 7.51. The average Bonchev–Trinajstić information content (AvgIpc) is 2.75. The molecule has 0 bridgehead atoms. The van der Waals surface area contributed by atoms with Crippen LogP contribution in [0.1, 0.15) is 30.4 Å². The molecule has 3 rings (SSSR count). The Hall–Kier alpha value is -3.25. The molecule has 0 aromatic heterocycles. The van der Waals surface area contributed by atoms with E-state index < -0.39 is 5.92 Å². The minimum Gasteiger partial charge on any atom is -0.325 e. The number of anilines is 1. The second-order valence-electron chi connectivity index (χ2n) is 6.78. The number of amides is 2. The Labute approximate surface area is 184 Å². The van der Waals surface area contributed by atoms with E-state index in [0.29, 0.717) is 11.4 Å². The van der Waals surface area contributed by atoms with Gasteiger partial charge in [-0.05, 0) is 46.1 Å². The minimum absolute atomic E-state index is 0.0724. The van der Waals surface area contributed by atoms with Gasteiger partial charge in [-0.15, -0.1) is 0 Å². The van der Waals surface area contributed by atoms with Crippen molar-refractivity contribution in [2.24, 2.45) is 5.10 Å². The molecule has 0 spiro atoms. The van der Waals surface area contributed by atoms with Crippen LogP contribution in [0.3, 0.4) is 0 Å². The Balaban J connectivity index is 1.67. The lowest BCUT2D eigenvalue weighted by atomic mass is 9.91. The summed E-state index contributed by atoms with van der Waals surface area (Å²) in [4.78, 5) is 25.2. The summed E-state index contributed by atoms with van der Waals surface area (Å²) in [5.74, 6) is -0.948. The van der Waals surface area contributed by atoms with Crippen molar-refractivity contribution >= 4 is 39.1 Å². The first-order valence-electron chi connectivity index (χ1n) is 9.52. The lowest BCUT2D eigenvalue weighted by Gasteiger charge is -2.16. The molecule has 30 heavy (non-hydrogen) atoms. The van der Waals surface area contributed by atoms with Crippen LogP contribution in [0.5, 0.6) is 0 Å². The van der Waals surface area contributed by atoms with Crippen LogP contribution in [0.2, 0.25) is 0 Å². The highest BCUT2D eigenvalue weighted by molar-refractivity contribution is 9.10. The van der Waals surface area contributed by atoms with Crippen LogP contribution in [-0.4, -0.2) is 17.5 Å². The van der Waals surface area contributed by atoms with Gasteiger partial charge in [0.2, 0.25) is 5.91 Å². The van der Waals surface area contributed by atoms with Gasteiger partial charge in [-0.25, -0.2) is 5.43 Å². The normalized spacial score (nSPS) is 11.2. The van der Waals surface area contributed by atoms with Gasteiger partial charge in [0.15, 0.2) is 0 Å². The maximum atomic E-state index is 12.9. The fourth-order valence-corrected chi connectivity index (χ4v) is 3.41. The highest BCUT2D eigenvalue weighted by atomic mass is 79.9. The number of nitrogens with zero attached hydrogens (tertiary/aromatic N) is 1. The van der Waals surface area contributed by atoms with E-state index >= 15 is 0 Å². The summed E-state index contributed by atoms with van der Waals surface area (Å²) in [6.07, 6.45) is 0.0724. The number of hydrogen-bond donors (Lipinski definition) is 2. The van der Waals surface area contributed by atoms with E-state index in [0.717, 1.165) is 15.6 Å². The van der Waals surface area contributed by atoms with E-state index in [1.54, 1.807) is 13.0 Å². The third-order valence-electron chi connectivity index (χ3n) is 4.45. The van der Waals surface area contributed by atoms with E-state index in [4.69, 9.17) is 0 Å². The maximum absolute atomic E-state index is 12.9. The summed E-state index contributed by atoms with van der Waals surface area (Å²) >= 11 is 3.40. The van der Waals surface area contributed by atoms with Crippen molar-refractivity contribution in [1.29, 1.82) is 0 Å². The smallest absolute Gasteiger partial charge is 0.252 e. The van der Waals surface area contributed by atoms with Gasteiger partial charge in [-0.3, -0.25) is 9.59 Å².